The highest BCUT2D eigenvalue weighted by atomic mass is 32.2. The van der Waals surface area contributed by atoms with Gasteiger partial charge in [-0.2, -0.15) is 0 Å². The Balaban J connectivity index is 1.50. The lowest BCUT2D eigenvalue weighted by Gasteiger charge is -2.23. The second kappa shape index (κ2) is 8.17. The van der Waals surface area contributed by atoms with E-state index in [9.17, 15) is 23.2 Å². The number of ether oxygens (including phenoxy) is 1. The largest absolute Gasteiger partial charge is 0.456 e. The molecular formula is C18H14F2N2O4S. The van der Waals surface area contributed by atoms with Crippen LogP contribution in [-0.4, -0.2) is 29.6 Å². The molecule has 2 N–H and O–H groups in total. The number of para-hydroxylation sites is 1. The molecule has 0 aromatic heterocycles. The summed E-state index contributed by atoms with van der Waals surface area (Å²) in [5, 5.41) is 4.13. The summed E-state index contributed by atoms with van der Waals surface area (Å²) >= 11 is 1.23. The van der Waals surface area contributed by atoms with E-state index < -0.39 is 35.4 Å². The molecule has 0 fully saturated rings. The second-order valence-electron chi connectivity index (χ2n) is 5.63. The minimum absolute atomic E-state index is 0.230. The van der Waals surface area contributed by atoms with Gasteiger partial charge in [0, 0.05) is 11.0 Å². The van der Waals surface area contributed by atoms with Crippen LogP contribution in [0.1, 0.15) is 6.42 Å². The van der Waals surface area contributed by atoms with E-state index in [0.29, 0.717) is 5.69 Å². The average Bonchev–Trinajstić information content (AvgIpc) is 2.64. The van der Waals surface area contributed by atoms with Gasteiger partial charge in [0.1, 0.15) is 11.6 Å². The normalized spacial score (nSPS) is 15.5. The monoisotopic (exact) mass is 392 g/mol. The van der Waals surface area contributed by atoms with Crippen LogP contribution >= 0.6 is 11.8 Å². The molecule has 0 aliphatic carbocycles. The fraction of sp³-hybridized carbons (Fsp3) is 0.167. The molecule has 1 aliphatic rings. The Bertz CT molecular complexity index is 907. The Hall–Kier alpha value is -2.94. The summed E-state index contributed by atoms with van der Waals surface area (Å²) in [6, 6.07) is 9.77. The minimum atomic E-state index is -0.820. The first-order valence-electron chi connectivity index (χ1n) is 7.89. The highest BCUT2D eigenvalue weighted by Crippen LogP contribution is 2.36. The third-order valence-electron chi connectivity index (χ3n) is 3.63. The molecule has 0 bridgehead atoms. The van der Waals surface area contributed by atoms with Gasteiger partial charge >= 0.3 is 5.97 Å². The SMILES string of the molecule is O=C(COC(=O)C[C@@H]1Sc2ccccc2NC1=O)Nc1cc(F)ccc1F. The summed E-state index contributed by atoms with van der Waals surface area (Å²) < 4.78 is 31.4. The van der Waals surface area contributed by atoms with Crippen LogP contribution < -0.4 is 10.6 Å². The van der Waals surface area contributed by atoms with Crippen molar-refractivity contribution in [2.75, 3.05) is 17.2 Å². The van der Waals surface area contributed by atoms with Gasteiger partial charge in [-0.15, -0.1) is 11.8 Å². The van der Waals surface area contributed by atoms with Crippen molar-refractivity contribution in [3.05, 3.63) is 54.1 Å². The van der Waals surface area contributed by atoms with Crippen LogP contribution in [0.5, 0.6) is 0 Å². The molecule has 1 aliphatic heterocycles. The molecule has 0 saturated heterocycles. The number of thioether (sulfide) groups is 1. The van der Waals surface area contributed by atoms with Crippen molar-refractivity contribution in [3.8, 4) is 0 Å². The molecule has 0 radical (unpaired) electrons. The van der Waals surface area contributed by atoms with Crippen LogP contribution in [0.2, 0.25) is 0 Å². The second-order valence-corrected chi connectivity index (χ2v) is 6.87. The number of carbonyl (C=O) groups excluding carboxylic acids is 3. The molecule has 0 spiro atoms. The Morgan fingerprint density at radius 3 is 2.78 bits per heavy atom. The zero-order chi connectivity index (χ0) is 19.4. The van der Waals surface area contributed by atoms with E-state index in [-0.39, 0.29) is 18.0 Å². The Labute approximate surface area is 157 Å². The van der Waals surface area contributed by atoms with Crippen LogP contribution in [-0.2, 0) is 19.1 Å². The third-order valence-corrected chi connectivity index (χ3v) is 4.90. The maximum absolute atomic E-state index is 13.5. The molecule has 2 amide bonds. The number of fused-ring (bicyclic) bond motifs is 1. The predicted octanol–water partition coefficient (Wildman–Crippen LogP) is 2.95. The van der Waals surface area contributed by atoms with E-state index in [1.165, 1.54) is 11.8 Å². The lowest BCUT2D eigenvalue weighted by molar-refractivity contribution is -0.147. The van der Waals surface area contributed by atoms with Gasteiger partial charge < -0.3 is 15.4 Å². The van der Waals surface area contributed by atoms with Crippen LogP contribution in [0.25, 0.3) is 0 Å². The van der Waals surface area contributed by atoms with Crippen molar-refractivity contribution in [2.45, 2.75) is 16.6 Å². The number of hydrogen-bond donors (Lipinski definition) is 2. The third kappa shape index (κ3) is 4.82. The van der Waals surface area contributed by atoms with Gasteiger partial charge in [-0.1, -0.05) is 12.1 Å². The molecule has 27 heavy (non-hydrogen) atoms. The van der Waals surface area contributed by atoms with E-state index in [4.69, 9.17) is 4.74 Å². The summed E-state index contributed by atoms with van der Waals surface area (Å²) in [6.45, 7) is -0.676. The summed E-state index contributed by atoms with van der Waals surface area (Å²) in [5.74, 6) is -3.44. The lowest BCUT2D eigenvalue weighted by atomic mass is 10.2. The van der Waals surface area contributed by atoms with Crippen LogP contribution in [0, 0.1) is 11.6 Å². The maximum Gasteiger partial charge on any atom is 0.307 e. The van der Waals surface area contributed by atoms with E-state index in [2.05, 4.69) is 10.6 Å². The van der Waals surface area contributed by atoms with E-state index in [1.807, 2.05) is 12.1 Å². The first-order chi connectivity index (χ1) is 12.9. The van der Waals surface area contributed by atoms with Crippen LogP contribution in [0.4, 0.5) is 20.2 Å². The average molecular weight is 392 g/mol. The number of benzene rings is 2. The highest BCUT2D eigenvalue weighted by Gasteiger charge is 2.29. The lowest BCUT2D eigenvalue weighted by Crippen LogP contribution is -2.32. The topological polar surface area (TPSA) is 84.5 Å². The highest BCUT2D eigenvalue weighted by molar-refractivity contribution is 8.01. The molecule has 0 unspecified atom stereocenters. The number of carbonyl (C=O) groups is 3. The molecule has 0 saturated carbocycles. The van der Waals surface area contributed by atoms with E-state index >= 15 is 0 Å². The van der Waals surface area contributed by atoms with Gasteiger partial charge in [0.15, 0.2) is 6.61 Å². The van der Waals surface area contributed by atoms with Crippen molar-refractivity contribution in [3.63, 3.8) is 0 Å². The summed E-state index contributed by atoms with van der Waals surface area (Å²) in [4.78, 5) is 36.5. The number of amides is 2. The molecule has 140 valence electrons. The van der Waals surface area contributed by atoms with Crippen molar-refractivity contribution >= 4 is 40.9 Å². The summed E-state index contributed by atoms with van der Waals surface area (Å²) in [5.41, 5.74) is 0.323. The number of rotatable bonds is 5. The molecule has 1 heterocycles. The number of anilines is 2. The smallest absolute Gasteiger partial charge is 0.307 e. The standard InChI is InChI=1S/C18H14F2N2O4S/c19-10-5-6-11(20)13(7-10)21-16(23)9-26-17(24)8-15-18(25)22-12-3-1-2-4-14(12)27-15/h1-7,15H,8-9H2,(H,21,23)(H,22,25)/t15-/m0/s1. The first kappa shape index (κ1) is 18.8. The van der Waals surface area contributed by atoms with Gasteiger partial charge in [-0.3, -0.25) is 14.4 Å². The zero-order valence-corrected chi connectivity index (χ0v) is 14.6. The van der Waals surface area contributed by atoms with Crippen LogP contribution in [0.15, 0.2) is 47.4 Å². The van der Waals surface area contributed by atoms with E-state index in [0.717, 1.165) is 23.1 Å². The number of hydrogen-bond acceptors (Lipinski definition) is 5. The first-order valence-corrected chi connectivity index (χ1v) is 8.77. The van der Waals surface area contributed by atoms with Gasteiger partial charge in [-0.05, 0) is 24.3 Å². The van der Waals surface area contributed by atoms with Gasteiger partial charge in [-0.25, -0.2) is 8.78 Å². The Morgan fingerprint density at radius 1 is 1.19 bits per heavy atom. The minimum Gasteiger partial charge on any atom is -0.456 e. The Kier molecular flexibility index (Phi) is 5.70. The fourth-order valence-corrected chi connectivity index (χ4v) is 3.46. The van der Waals surface area contributed by atoms with E-state index in [1.54, 1.807) is 12.1 Å². The molecule has 2 aromatic rings. The van der Waals surface area contributed by atoms with Gasteiger partial charge in [0.25, 0.3) is 5.91 Å². The number of nitrogens with one attached hydrogen (secondary N) is 2. The van der Waals surface area contributed by atoms with Crippen LogP contribution in [0.3, 0.4) is 0 Å². The predicted molar refractivity (Wildman–Crippen MR) is 95.3 cm³/mol. The quantitative estimate of drug-likeness (QED) is 0.765. The molecule has 1 atom stereocenters. The van der Waals surface area contributed by atoms with Gasteiger partial charge in [0.05, 0.1) is 23.0 Å². The summed E-state index contributed by atoms with van der Waals surface area (Å²) in [6.07, 6.45) is -0.230. The van der Waals surface area contributed by atoms with Crippen molar-refractivity contribution < 1.29 is 27.9 Å². The van der Waals surface area contributed by atoms with Crippen molar-refractivity contribution in [2.24, 2.45) is 0 Å². The molecule has 9 heteroatoms. The number of halogens is 2. The Morgan fingerprint density at radius 2 is 1.96 bits per heavy atom. The molecule has 6 nitrogen and oxygen atoms in total. The summed E-state index contributed by atoms with van der Waals surface area (Å²) in [7, 11) is 0. The maximum atomic E-state index is 13.5. The van der Waals surface area contributed by atoms with Crippen molar-refractivity contribution in [1.29, 1.82) is 0 Å². The van der Waals surface area contributed by atoms with Gasteiger partial charge in [0.2, 0.25) is 5.91 Å². The molecular weight excluding hydrogens is 378 g/mol. The molecule has 2 aromatic carbocycles. The fourth-order valence-electron chi connectivity index (χ4n) is 2.36. The molecule has 3 rings (SSSR count). The zero-order valence-electron chi connectivity index (χ0n) is 13.8. The number of esters is 1. The van der Waals surface area contributed by atoms with Crippen molar-refractivity contribution in [1.82, 2.24) is 0 Å².